The summed E-state index contributed by atoms with van der Waals surface area (Å²) in [5.74, 6) is 1.50. The molecule has 1 aliphatic carbocycles. The topological polar surface area (TPSA) is 27.1 Å². The number of aromatic nitrogens is 2. The Morgan fingerprint density at radius 3 is 2.53 bits per heavy atom. The van der Waals surface area contributed by atoms with E-state index in [4.69, 9.17) is 9.72 Å². The van der Waals surface area contributed by atoms with Crippen LogP contribution in [0.1, 0.15) is 47.8 Å². The molecule has 5 rings (SSSR count). The van der Waals surface area contributed by atoms with Gasteiger partial charge in [-0.1, -0.05) is 54.2 Å². The third-order valence-corrected chi connectivity index (χ3v) is 7.87. The molecule has 0 fully saturated rings. The van der Waals surface area contributed by atoms with Gasteiger partial charge in [-0.2, -0.15) is 0 Å². The fraction of sp³-hybridized carbons (Fsp3) is 0.276. The lowest BCUT2D eigenvalue weighted by molar-refractivity contribution is 0.409. The summed E-state index contributed by atoms with van der Waals surface area (Å²) in [4.78, 5) is 5.15. The number of rotatable bonds is 6. The third-order valence-electron chi connectivity index (χ3n) is 6.86. The number of aryl methyl sites for hydroxylation is 2. The number of methoxy groups -OCH3 is 1. The van der Waals surface area contributed by atoms with Crippen LogP contribution in [-0.2, 0) is 17.6 Å². The Kier molecular flexibility index (Phi) is 6.22. The van der Waals surface area contributed by atoms with Gasteiger partial charge in [0.2, 0.25) is 0 Å². The highest BCUT2D eigenvalue weighted by Crippen LogP contribution is 2.46. The molecule has 34 heavy (non-hydrogen) atoms. The number of halogens is 1. The number of thioether (sulfide) groups is 1. The van der Waals surface area contributed by atoms with E-state index in [0.717, 1.165) is 52.9 Å². The van der Waals surface area contributed by atoms with Gasteiger partial charge in [0.1, 0.15) is 11.6 Å². The van der Waals surface area contributed by atoms with Gasteiger partial charge >= 0.3 is 0 Å². The summed E-state index contributed by atoms with van der Waals surface area (Å²) in [7, 11) is 1.71. The van der Waals surface area contributed by atoms with Crippen molar-refractivity contribution in [1.82, 2.24) is 9.55 Å². The van der Waals surface area contributed by atoms with Crippen molar-refractivity contribution in [3.8, 4) is 11.4 Å². The molecule has 0 amide bonds. The standard InChI is InChI=1S/C29H29FN2OS/c1-20-18-22(11-16-26(20)33-3)29(2)17-7-10-25-27(29)32(24-14-12-23(30)13-15-24)28(31-25)34-19-21-8-5-4-6-9-21/h4-6,8-9,11-16,18H,7,10,17,19H2,1-3H3. The molecule has 4 aromatic rings. The highest BCUT2D eigenvalue weighted by Gasteiger charge is 2.39. The quantitative estimate of drug-likeness (QED) is 0.276. The van der Waals surface area contributed by atoms with E-state index in [-0.39, 0.29) is 11.2 Å². The monoisotopic (exact) mass is 472 g/mol. The molecule has 0 N–H and O–H groups in total. The summed E-state index contributed by atoms with van der Waals surface area (Å²) in [6, 6.07) is 23.7. The molecule has 1 atom stereocenters. The number of hydrogen-bond donors (Lipinski definition) is 0. The average Bonchev–Trinajstić information content (AvgIpc) is 3.24. The van der Waals surface area contributed by atoms with Crippen molar-refractivity contribution in [1.29, 1.82) is 0 Å². The number of fused-ring (bicyclic) bond motifs is 1. The van der Waals surface area contributed by atoms with Crippen LogP contribution in [0.15, 0.2) is 78.0 Å². The van der Waals surface area contributed by atoms with Crippen molar-refractivity contribution in [2.45, 2.75) is 49.4 Å². The van der Waals surface area contributed by atoms with Gasteiger partial charge in [0.05, 0.1) is 18.5 Å². The minimum atomic E-state index is -0.232. The lowest BCUT2D eigenvalue weighted by atomic mass is 9.71. The molecule has 5 heteroatoms. The molecule has 0 saturated carbocycles. The zero-order valence-electron chi connectivity index (χ0n) is 19.8. The highest BCUT2D eigenvalue weighted by atomic mass is 32.2. The van der Waals surface area contributed by atoms with Gasteiger partial charge < -0.3 is 4.74 Å². The minimum Gasteiger partial charge on any atom is -0.496 e. The zero-order chi connectivity index (χ0) is 23.7. The zero-order valence-corrected chi connectivity index (χ0v) is 20.7. The molecular weight excluding hydrogens is 443 g/mol. The van der Waals surface area contributed by atoms with Crippen LogP contribution in [0.3, 0.4) is 0 Å². The van der Waals surface area contributed by atoms with Gasteiger partial charge in [0, 0.05) is 16.9 Å². The maximum atomic E-state index is 13.8. The van der Waals surface area contributed by atoms with E-state index < -0.39 is 0 Å². The maximum Gasteiger partial charge on any atom is 0.173 e. The van der Waals surface area contributed by atoms with E-state index in [2.05, 4.69) is 60.9 Å². The molecule has 1 heterocycles. The van der Waals surface area contributed by atoms with E-state index in [0.29, 0.717) is 0 Å². The number of hydrogen-bond acceptors (Lipinski definition) is 3. The van der Waals surface area contributed by atoms with Crippen LogP contribution in [0.5, 0.6) is 5.75 Å². The molecule has 3 nitrogen and oxygen atoms in total. The third kappa shape index (κ3) is 4.14. The van der Waals surface area contributed by atoms with Crippen molar-refractivity contribution in [2.24, 2.45) is 0 Å². The van der Waals surface area contributed by atoms with Gasteiger partial charge in [-0.3, -0.25) is 4.57 Å². The van der Waals surface area contributed by atoms with Crippen LogP contribution < -0.4 is 4.74 Å². The maximum absolute atomic E-state index is 13.8. The Morgan fingerprint density at radius 1 is 1.06 bits per heavy atom. The fourth-order valence-corrected chi connectivity index (χ4v) is 6.05. The van der Waals surface area contributed by atoms with Crippen LogP contribution in [0.25, 0.3) is 5.69 Å². The lowest BCUT2D eigenvalue weighted by Crippen LogP contribution is -2.31. The van der Waals surface area contributed by atoms with Crippen LogP contribution in [-0.4, -0.2) is 16.7 Å². The SMILES string of the molecule is COc1ccc(C2(C)CCCc3nc(SCc4ccccc4)n(-c4ccc(F)cc4)c32)cc1C. The summed E-state index contributed by atoms with van der Waals surface area (Å²) >= 11 is 1.74. The summed E-state index contributed by atoms with van der Waals surface area (Å²) in [5.41, 5.74) is 6.73. The molecule has 1 aromatic heterocycles. The molecule has 0 saturated heterocycles. The molecule has 1 unspecified atom stereocenters. The second kappa shape index (κ2) is 9.30. The summed E-state index contributed by atoms with van der Waals surface area (Å²) < 4.78 is 21.6. The Bertz CT molecular complexity index is 1300. The average molecular weight is 473 g/mol. The molecule has 0 radical (unpaired) electrons. The number of ether oxygens (including phenoxy) is 1. The fourth-order valence-electron chi connectivity index (χ4n) is 5.06. The second-order valence-corrected chi connectivity index (χ2v) is 10.1. The van der Waals surface area contributed by atoms with Gasteiger partial charge in [-0.25, -0.2) is 9.37 Å². The van der Waals surface area contributed by atoms with Crippen molar-refractivity contribution >= 4 is 11.8 Å². The first-order valence-electron chi connectivity index (χ1n) is 11.7. The van der Waals surface area contributed by atoms with Crippen LogP contribution >= 0.6 is 11.8 Å². The van der Waals surface area contributed by atoms with E-state index in [9.17, 15) is 4.39 Å². The van der Waals surface area contributed by atoms with Crippen LogP contribution in [0, 0.1) is 12.7 Å². The molecule has 174 valence electrons. The first-order valence-corrected chi connectivity index (χ1v) is 12.7. The number of nitrogens with zero attached hydrogens (tertiary/aromatic N) is 2. The Balaban J connectivity index is 1.65. The van der Waals surface area contributed by atoms with Gasteiger partial charge in [-0.15, -0.1) is 0 Å². The largest absolute Gasteiger partial charge is 0.496 e. The number of benzene rings is 3. The Hall–Kier alpha value is -3.05. The summed E-state index contributed by atoms with van der Waals surface area (Å²) in [5, 5.41) is 0.957. The van der Waals surface area contributed by atoms with Crippen molar-refractivity contribution in [3.63, 3.8) is 0 Å². The van der Waals surface area contributed by atoms with E-state index in [1.165, 1.54) is 29.0 Å². The summed E-state index contributed by atoms with van der Waals surface area (Å²) in [6.07, 6.45) is 3.06. The van der Waals surface area contributed by atoms with E-state index in [1.54, 1.807) is 18.9 Å². The predicted molar refractivity (Wildman–Crippen MR) is 137 cm³/mol. The van der Waals surface area contributed by atoms with Gasteiger partial charge in [0.15, 0.2) is 5.16 Å². The number of imidazole rings is 1. The first-order chi connectivity index (χ1) is 16.5. The summed E-state index contributed by atoms with van der Waals surface area (Å²) in [6.45, 7) is 4.41. The van der Waals surface area contributed by atoms with Crippen molar-refractivity contribution < 1.29 is 9.13 Å². The minimum absolute atomic E-state index is 0.211. The second-order valence-electron chi connectivity index (χ2n) is 9.15. The van der Waals surface area contributed by atoms with Crippen molar-refractivity contribution in [3.05, 3.63) is 107 Å². The molecular formula is C29H29FN2OS. The van der Waals surface area contributed by atoms with Crippen LogP contribution in [0.2, 0.25) is 0 Å². The first kappa shape index (κ1) is 22.7. The van der Waals surface area contributed by atoms with Crippen LogP contribution in [0.4, 0.5) is 4.39 Å². The Morgan fingerprint density at radius 2 is 1.82 bits per heavy atom. The smallest absolute Gasteiger partial charge is 0.173 e. The molecule has 1 aliphatic rings. The predicted octanol–water partition coefficient (Wildman–Crippen LogP) is 7.26. The molecule has 0 aliphatic heterocycles. The van der Waals surface area contributed by atoms with E-state index in [1.807, 2.05) is 18.2 Å². The molecule has 0 spiro atoms. The Labute approximate surface area is 205 Å². The highest BCUT2D eigenvalue weighted by molar-refractivity contribution is 7.98. The lowest BCUT2D eigenvalue weighted by Gasteiger charge is -2.36. The van der Waals surface area contributed by atoms with Gasteiger partial charge in [-0.05, 0) is 80.1 Å². The normalized spacial score (nSPS) is 17.4. The molecule has 3 aromatic carbocycles. The molecule has 0 bridgehead atoms. The van der Waals surface area contributed by atoms with Crippen molar-refractivity contribution in [2.75, 3.05) is 7.11 Å². The van der Waals surface area contributed by atoms with E-state index >= 15 is 0 Å². The van der Waals surface area contributed by atoms with Gasteiger partial charge in [0.25, 0.3) is 0 Å².